The third-order valence-corrected chi connectivity index (χ3v) is 4.33. The van der Waals surface area contributed by atoms with Gasteiger partial charge in [0.15, 0.2) is 0 Å². The molecule has 2 aromatic heterocycles. The molecule has 0 aliphatic heterocycles. The fourth-order valence-electron chi connectivity index (χ4n) is 1.76. The molecular formula is C12H16N4O3S. The first-order valence-corrected chi connectivity index (χ1v) is 7.91. The van der Waals surface area contributed by atoms with Gasteiger partial charge >= 0.3 is 0 Å². The van der Waals surface area contributed by atoms with Crippen LogP contribution in [0.4, 0.5) is 0 Å². The van der Waals surface area contributed by atoms with Gasteiger partial charge < -0.3 is 14.7 Å². The number of hydrogen-bond acceptors (Lipinski definition) is 5. The average Bonchev–Trinajstić information content (AvgIpc) is 2.94. The minimum Gasteiger partial charge on any atom is -0.447 e. The molecular weight excluding hydrogens is 280 g/mol. The first-order chi connectivity index (χ1) is 9.63. The van der Waals surface area contributed by atoms with E-state index in [1.165, 1.54) is 25.2 Å². The number of aromatic nitrogens is 2. The normalized spacial score (nSPS) is 15.6. The smallest absolute Gasteiger partial charge is 0.274 e. The molecule has 0 saturated heterocycles. The molecule has 108 valence electrons. The Balaban J connectivity index is 1.61. The van der Waals surface area contributed by atoms with Crippen molar-refractivity contribution in [3.63, 3.8) is 0 Å². The van der Waals surface area contributed by atoms with Crippen molar-refractivity contribution in [2.45, 2.75) is 37.1 Å². The molecule has 1 fully saturated rings. The van der Waals surface area contributed by atoms with Crippen molar-refractivity contribution in [3.05, 3.63) is 36.1 Å². The lowest BCUT2D eigenvalue weighted by molar-refractivity contribution is 0.399. The van der Waals surface area contributed by atoms with Gasteiger partial charge in [0.1, 0.15) is 5.76 Å². The molecule has 0 atom stereocenters. The minimum atomic E-state index is -3.63. The molecule has 7 nitrogen and oxygen atoms in total. The lowest BCUT2D eigenvalue weighted by Gasteiger charge is -2.02. The predicted octanol–water partition coefficient (Wildman–Crippen LogP) is 0.733. The van der Waals surface area contributed by atoms with Crippen LogP contribution < -0.4 is 10.0 Å². The highest BCUT2D eigenvalue weighted by atomic mass is 32.2. The van der Waals surface area contributed by atoms with Gasteiger partial charge in [0.05, 0.1) is 19.4 Å². The number of sulfonamides is 1. The molecule has 0 bridgehead atoms. The molecule has 1 aliphatic carbocycles. The molecule has 20 heavy (non-hydrogen) atoms. The third-order valence-electron chi connectivity index (χ3n) is 3.05. The molecule has 3 N–H and O–H groups in total. The number of hydrogen-bond donors (Lipinski definition) is 3. The van der Waals surface area contributed by atoms with E-state index in [4.69, 9.17) is 4.42 Å². The molecule has 3 rings (SSSR count). The summed E-state index contributed by atoms with van der Waals surface area (Å²) in [6.07, 6.45) is 5.42. The fourth-order valence-corrected chi connectivity index (χ4v) is 2.71. The van der Waals surface area contributed by atoms with Crippen molar-refractivity contribution < 1.29 is 12.8 Å². The monoisotopic (exact) mass is 296 g/mol. The average molecular weight is 296 g/mol. The molecule has 0 spiro atoms. The molecule has 0 radical (unpaired) electrons. The molecule has 1 saturated carbocycles. The Kier molecular flexibility index (Phi) is 3.60. The van der Waals surface area contributed by atoms with Crippen molar-refractivity contribution in [2.24, 2.45) is 0 Å². The summed E-state index contributed by atoms with van der Waals surface area (Å²) in [6.45, 7) is 0.708. The van der Waals surface area contributed by atoms with Crippen LogP contribution in [0.15, 0.2) is 34.2 Å². The van der Waals surface area contributed by atoms with Crippen molar-refractivity contribution >= 4 is 10.0 Å². The second-order valence-electron chi connectivity index (χ2n) is 4.78. The number of H-pyrrole nitrogens is 1. The van der Waals surface area contributed by atoms with E-state index < -0.39 is 10.0 Å². The maximum Gasteiger partial charge on any atom is 0.274 e. The lowest BCUT2D eigenvalue weighted by atomic mass is 10.4. The summed E-state index contributed by atoms with van der Waals surface area (Å²) in [4.78, 5) is 6.65. The highest BCUT2D eigenvalue weighted by Gasteiger charge is 2.22. The SMILES string of the molecule is O=S(=O)(NCc1cnc[nH]1)c1ccc(CNC2CC2)o1. The number of rotatable bonds is 7. The standard InChI is InChI=1S/C12H16N4O3S/c17-20(18,16-6-10-5-13-8-15-10)12-4-3-11(19-12)7-14-9-1-2-9/h3-5,8-9,14,16H,1-2,6-7H2,(H,13,15). The van der Waals surface area contributed by atoms with Crippen LogP contribution in [0.5, 0.6) is 0 Å². The molecule has 2 heterocycles. The van der Waals surface area contributed by atoms with Crippen molar-refractivity contribution in [1.82, 2.24) is 20.0 Å². The van der Waals surface area contributed by atoms with Crippen molar-refractivity contribution in [1.29, 1.82) is 0 Å². The minimum absolute atomic E-state index is 0.0652. The van der Waals surface area contributed by atoms with Crippen LogP contribution >= 0.6 is 0 Å². The van der Waals surface area contributed by atoms with E-state index in [1.54, 1.807) is 12.3 Å². The lowest BCUT2D eigenvalue weighted by Crippen LogP contribution is -2.23. The molecule has 2 aromatic rings. The van der Waals surface area contributed by atoms with Crippen LogP contribution in [-0.4, -0.2) is 24.4 Å². The van der Waals surface area contributed by atoms with Gasteiger partial charge in [0.2, 0.25) is 5.09 Å². The van der Waals surface area contributed by atoms with Gasteiger partial charge in [-0.15, -0.1) is 0 Å². The fraction of sp³-hybridized carbons (Fsp3) is 0.417. The van der Waals surface area contributed by atoms with E-state index >= 15 is 0 Å². The largest absolute Gasteiger partial charge is 0.447 e. The zero-order chi connectivity index (χ0) is 14.0. The third kappa shape index (κ3) is 3.27. The van der Waals surface area contributed by atoms with E-state index in [-0.39, 0.29) is 11.6 Å². The van der Waals surface area contributed by atoms with E-state index in [0.717, 1.165) is 0 Å². The Labute approximate surface area is 116 Å². The van der Waals surface area contributed by atoms with E-state index in [1.807, 2.05) is 0 Å². The van der Waals surface area contributed by atoms with Crippen LogP contribution in [0.1, 0.15) is 24.3 Å². The Bertz CT molecular complexity index is 659. The molecule has 1 aliphatic rings. The van der Waals surface area contributed by atoms with Crippen LogP contribution in [0, 0.1) is 0 Å². The first-order valence-electron chi connectivity index (χ1n) is 6.42. The number of imidazole rings is 1. The second-order valence-corrected chi connectivity index (χ2v) is 6.48. The van der Waals surface area contributed by atoms with Gasteiger partial charge in [0, 0.05) is 17.9 Å². The summed E-state index contributed by atoms with van der Waals surface area (Å²) in [5, 5.41) is 3.20. The maximum atomic E-state index is 12.0. The summed E-state index contributed by atoms with van der Waals surface area (Å²) in [5.74, 6) is 0.624. The van der Waals surface area contributed by atoms with E-state index in [2.05, 4.69) is 20.0 Å². The number of furan rings is 1. The summed E-state index contributed by atoms with van der Waals surface area (Å²) in [7, 11) is -3.63. The topological polar surface area (TPSA) is 100 Å². The Morgan fingerprint density at radius 3 is 2.90 bits per heavy atom. The van der Waals surface area contributed by atoms with E-state index in [9.17, 15) is 8.42 Å². The Hall–Kier alpha value is -1.64. The van der Waals surface area contributed by atoms with Gasteiger partial charge in [-0.05, 0) is 25.0 Å². The number of nitrogens with zero attached hydrogens (tertiary/aromatic N) is 1. The Morgan fingerprint density at radius 2 is 2.20 bits per heavy atom. The van der Waals surface area contributed by atoms with Gasteiger partial charge in [-0.2, -0.15) is 0 Å². The highest BCUT2D eigenvalue weighted by Crippen LogP contribution is 2.20. The highest BCUT2D eigenvalue weighted by molar-refractivity contribution is 7.89. The van der Waals surface area contributed by atoms with E-state index in [0.29, 0.717) is 24.0 Å². The zero-order valence-electron chi connectivity index (χ0n) is 10.8. The van der Waals surface area contributed by atoms with Gasteiger partial charge in [0.25, 0.3) is 10.0 Å². The van der Waals surface area contributed by atoms with Crippen LogP contribution in [0.2, 0.25) is 0 Å². The van der Waals surface area contributed by atoms with Gasteiger partial charge in [-0.1, -0.05) is 0 Å². The molecule has 0 aromatic carbocycles. The predicted molar refractivity (Wildman–Crippen MR) is 71.2 cm³/mol. The van der Waals surface area contributed by atoms with Crippen LogP contribution in [0.25, 0.3) is 0 Å². The number of aromatic amines is 1. The van der Waals surface area contributed by atoms with Gasteiger partial charge in [-0.3, -0.25) is 0 Å². The molecule has 0 unspecified atom stereocenters. The molecule has 8 heteroatoms. The summed E-state index contributed by atoms with van der Waals surface area (Å²) in [6, 6.07) is 3.71. The second kappa shape index (κ2) is 5.39. The van der Waals surface area contributed by atoms with Crippen molar-refractivity contribution in [2.75, 3.05) is 0 Å². The quantitative estimate of drug-likeness (QED) is 0.699. The summed E-state index contributed by atoms with van der Waals surface area (Å²) in [5.41, 5.74) is 0.691. The number of nitrogens with one attached hydrogen (secondary N) is 3. The van der Waals surface area contributed by atoms with Crippen molar-refractivity contribution in [3.8, 4) is 0 Å². The van der Waals surface area contributed by atoms with Crippen LogP contribution in [-0.2, 0) is 23.1 Å². The Morgan fingerprint density at radius 1 is 1.35 bits per heavy atom. The summed E-state index contributed by atoms with van der Waals surface area (Å²) >= 11 is 0. The zero-order valence-corrected chi connectivity index (χ0v) is 11.6. The first kappa shape index (κ1) is 13.3. The van der Waals surface area contributed by atoms with Crippen LogP contribution in [0.3, 0.4) is 0 Å². The summed E-state index contributed by atoms with van der Waals surface area (Å²) < 4.78 is 31.9. The maximum absolute atomic E-state index is 12.0. The molecule has 0 amide bonds. The van der Waals surface area contributed by atoms with Gasteiger partial charge in [-0.25, -0.2) is 18.1 Å².